The van der Waals surface area contributed by atoms with E-state index in [0.717, 1.165) is 55.2 Å². The van der Waals surface area contributed by atoms with E-state index in [-0.39, 0.29) is 0 Å². The molecule has 3 heterocycles. The molecule has 0 amide bonds. The molecule has 0 aliphatic heterocycles. The quantitative estimate of drug-likeness (QED) is 0.369. The molecule has 132 valence electrons. The zero-order valence-electron chi connectivity index (χ0n) is 15.0. The van der Waals surface area contributed by atoms with E-state index in [2.05, 4.69) is 52.4 Å². The highest BCUT2D eigenvalue weighted by Gasteiger charge is 2.15. The molecule has 0 radical (unpaired) electrons. The van der Waals surface area contributed by atoms with Gasteiger partial charge in [0.2, 0.25) is 0 Å². The molecule has 3 heteroatoms. The highest BCUT2D eigenvalue weighted by Crippen LogP contribution is 2.38. The summed E-state index contributed by atoms with van der Waals surface area (Å²) in [5.74, 6) is 0. The first-order valence-electron chi connectivity index (χ1n) is 9.32. The van der Waals surface area contributed by atoms with Crippen LogP contribution >= 0.6 is 0 Å². The summed E-state index contributed by atoms with van der Waals surface area (Å²) in [7, 11) is 0. The monoisotopic (exact) mass is 360 g/mol. The van der Waals surface area contributed by atoms with Crippen molar-refractivity contribution < 1.29 is 4.42 Å². The maximum atomic E-state index is 6.24. The number of nitrogens with zero attached hydrogens (tertiary/aromatic N) is 1. The number of aromatic nitrogens is 2. The SMILES string of the molecule is c1ccc(-c2cnc3[nH]cc(-c4cccc5c4oc4ccccc45)c3c2)cc1. The first kappa shape index (κ1) is 15.2. The largest absolute Gasteiger partial charge is 0.455 e. The van der Waals surface area contributed by atoms with Crippen molar-refractivity contribution in [2.45, 2.75) is 0 Å². The Morgan fingerprint density at radius 3 is 2.43 bits per heavy atom. The molecular weight excluding hydrogens is 344 g/mol. The second-order valence-electron chi connectivity index (χ2n) is 6.97. The van der Waals surface area contributed by atoms with E-state index in [4.69, 9.17) is 4.42 Å². The number of pyridine rings is 1. The number of hydrogen-bond acceptors (Lipinski definition) is 2. The fourth-order valence-corrected chi connectivity index (χ4v) is 3.97. The molecule has 6 rings (SSSR count). The van der Waals surface area contributed by atoms with Crippen molar-refractivity contribution in [3.05, 3.63) is 91.3 Å². The fraction of sp³-hybridized carbons (Fsp3) is 0. The third kappa shape index (κ3) is 2.20. The Morgan fingerprint density at radius 2 is 1.50 bits per heavy atom. The number of para-hydroxylation sites is 2. The van der Waals surface area contributed by atoms with Crippen LogP contribution in [0.3, 0.4) is 0 Å². The van der Waals surface area contributed by atoms with Gasteiger partial charge in [-0.1, -0.05) is 66.7 Å². The number of nitrogens with one attached hydrogen (secondary N) is 1. The minimum Gasteiger partial charge on any atom is -0.455 e. The van der Waals surface area contributed by atoms with E-state index in [1.807, 2.05) is 48.8 Å². The lowest BCUT2D eigenvalue weighted by molar-refractivity contribution is 0.670. The molecule has 6 aromatic rings. The van der Waals surface area contributed by atoms with E-state index in [0.29, 0.717) is 0 Å². The van der Waals surface area contributed by atoms with Gasteiger partial charge in [-0.25, -0.2) is 4.98 Å². The fourth-order valence-electron chi connectivity index (χ4n) is 3.97. The third-order valence-electron chi connectivity index (χ3n) is 5.33. The predicted molar refractivity (Wildman–Crippen MR) is 114 cm³/mol. The Hall–Kier alpha value is -3.85. The van der Waals surface area contributed by atoms with Crippen molar-refractivity contribution in [1.82, 2.24) is 9.97 Å². The van der Waals surface area contributed by atoms with Gasteiger partial charge in [-0.05, 0) is 17.7 Å². The third-order valence-corrected chi connectivity index (χ3v) is 5.33. The smallest absolute Gasteiger partial charge is 0.143 e. The average molecular weight is 360 g/mol. The zero-order valence-corrected chi connectivity index (χ0v) is 15.0. The first-order valence-corrected chi connectivity index (χ1v) is 9.32. The lowest BCUT2D eigenvalue weighted by Crippen LogP contribution is -1.82. The Morgan fingerprint density at radius 1 is 0.679 bits per heavy atom. The molecule has 0 bridgehead atoms. The minimum atomic E-state index is 0.878. The molecule has 0 aliphatic carbocycles. The number of fused-ring (bicyclic) bond motifs is 4. The van der Waals surface area contributed by atoms with Crippen LogP contribution in [0.15, 0.2) is 95.7 Å². The van der Waals surface area contributed by atoms with Crippen LogP contribution in [0.5, 0.6) is 0 Å². The number of rotatable bonds is 2. The van der Waals surface area contributed by atoms with E-state index in [1.165, 1.54) is 0 Å². The van der Waals surface area contributed by atoms with Gasteiger partial charge >= 0.3 is 0 Å². The topological polar surface area (TPSA) is 41.8 Å². The van der Waals surface area contributed by atoms with Crippen molar-refractivity contribution in [3.63, 3.8) is 0 Å². The Labute approximate surface area is 161 Å². The molecular formula is C25H16N2O. The summed E-state index contributed by atoms with van der Waals surface area (Å²) >= 11 is 0. The van der Waals surface area contributed by atoms with Crippen molar-refractivity contribution in [3.8, 4) is 22.3 Å². The van der Waals surface area contributed by atoms with Crippen LogP contribution in [0.2, 0.25) is 0 Å². The Kier molecular flexibility index (Phi) is 3.17. The molecule has 0 saturated heterocycles. The molecule has 28 heavy (non-hydrogen) atoms. The molecule has 0 spiro atoms. The van der Waals surface area contributed by atoms with Gasteiger partial charge in [-0.15, -0.1) is 0 Å². The minimum absolute atomic E-state index is 0.878. The highest BCUT2D eigenvalue weighted by molar-refractivity contribution is 6.12. The van der Waals surface area contributed by atoms with Gasteiger partial charge in [-0.2, -0.15) is 0 Å². The molecule has 0 aliphatic rings. The van der Waals surface area contributed by atoms with Gasteiger partial charge in [0.15, 0.2) is 0 Å². The molecule has 3 aromatic carbocycles. The first-order chi connectivity index (χ1) is 13.9. The molecule has 3 aromatic heterocycles. The molecule has 0 atom stereocenters. The maximum Gasteiger partial charge on any atom is 0.143 e. The Balaban J connectivity index is 1.63. The van der Waals surface area contributed by atoms with Crippen LogP contribution < -0.4 is 0 Å². The van der Waals surface area contributed by atoms with E-state index >= 15 is 0 Å². The second-order valence-corrected chi connectivity index (χ2v) is 6.97. The molecule has 0 saturated carbocycles. The van der Waals surface area contributed by atoms with Crippen LogP contribution in [-0.4, -0.2) is 9.97 Å². The second kappa shape index (κ2) is 5.83. The maximum absolute atomic E-state index is 6.24. The van der Waals surface area contributed by atoms with Gasteiger partial charge < -0.3 is 9.40 Å². The van der Waals surface area contributed by atoms with E-state index in [9.17, 15) is 0 Å². The standard InChI is InChI=1S/C25H16N2O/c1-2-7-16(8-3-1)17-13-21-22(15-27-25(21)26-14-17)20-11-6-10-19-18-9-4-5-12-23(18)28-24(19)20/h1-15H,(H,26,27). The predicted octanol–water partition coefficient (Wildman–Crippen LogP) is 6.80. The van der Waals surface area contributed by atoms with Gasteiger partial charge in [0, 0.05) is 45.2 Å². The van der Waals surface area contributed by atoms with Crippen molar-refractivity contribution in [1.29, 1.82) is 0 Å². The molecule has 1 N–H and O–H groups in total. The van der Waals surface area contributed by atoms with Crippen LogP contribution in [0.4, 0.5) is 0 Å². The number of hydrogen-bond donors (Lipinski definition) is 1. The van der Waals surface area contributed by atoms with Crippen molar-refractivity contribution in [2.24, 2.45) is 0 Å². The number of benzene rings is 3. The van der Waals surface area contributed by atoms with E-state index < -0.39 is 0 Å². The highest BCUT2D eigenvalue weighted by atomic mass is 16.3. The summed E-state index contributed by atoms with van der Waals surface area (Å²) in [6.45, 7) is 0. The van der Waals surface area contributed by atoms with E-state index in [1.54, 1.807) is 0 Å². The summed E-state index contributed by atoms with van der Waals surface area (Å²) in [5.41, 5.74) is 7.14. The number of aromatic amines is 1. The number of H-pyrrole nitrogens is 1. The molecule has 3 nitrogen and oxygen atoms in total. The summed E-state index contributed by atoms with van der Waals surface area (Å²) < 4.78 is 6.24. The summed E-state index contributed by atoms with van der Waals surface area (Å²) in [5, 5.41) is 3.37. The van der Waals surface area contributed by atoms with Gasteiger partial charge in [0.05, 0.1) is 0 Å². The van der Waals surface area contributed by atoms with Crippen LogP contribution in [0.1, 0.15) is 0 Å². The summed E-state index contributed by atoms with van der Waals surface area (Å²) in [4.78, 5) is 7.95. The van der Waals surface area contributed by atoms with Crippen molar-refractivity contribution >= 4 is 33.0 Å². The summed E-state index contributed by atoms with van der Waals surface area (Å²) in [6, 6.07) is 27.0. The lowest BCUT2D eigenvalue weighted by Gasteiger charge is -2.04. The normalized spacial score (nSPS) is 11.6. The average Bonchev–Trinajstić information content (AvgIpc) is 3.35. The summed E-state index contributed by atoms with van der Waals surface area (Å²) in [6.07, 6.45) is 3.94. The zero-order chi connectivity index (χ0) is 18.5. The van der Waals surface area contributed by atoms with Gasteiger partial charge in [0.25, 0.3) is 0 Å². The van der Waals surface area contributed by atoms with Gasteiger partial charge in [-0.3, -0.25) is 0 Å². The number of furan rings is 1. The van der Waals surface area contributed by atoms with Crippen LogP contribution in [0, 0.1) is 0 Å². The van der Waals surface area contributed by atoms with Gasteiger partial charge in [0.1, 0.15) is 16.8 Å². The molecule has 0 unspecified atom stereocenters. The molecule has 0 fully saturated rings. The van der Waals surface area contributed by atoms with Crippen LogP contribution in [0.25, 0.3) is 55.2 Å². The lowest BCUT2D eigenvalue weighted by atomic mass is 10.0. The Bertz CT molecular complexity index is 1460. The van der Waals surface area contributed by atoms with Crippen molar-refractivity contribution in [2.75, 3.05) is 0 Å². The van der Waals surface area contributed by atoms with Crippen LogP contribution in [-0.2, 0) is 0 Å².